The summed E-state index contributed by atoms with van der Waals surface area (Å²) in [6.07, 6.45) is 2.17. The predicted octanol–water partition coefficient (Wildman–Crippen LogP) is 7.06. The van der Waals surface area contributed by atoms with E-state index in [1.54, 1.807) is 0 Å². The summed E-state index contributed by atoms with van der Waals surface area (Å²) >= 11 is 0. The molecule has 0 fully saturated rings. The lowest BCUT2D eigenvalue weighted by atomic mass is 9.35. The zero-order chi connectivity index (χ0) is 21.5. The second-order valence-electron chi connectivity index (χ2n) is 8.98. The van der Waals surface area contributed by atoms with Crippen LogP contribution in [0.25, 0.3) is 33.0 Å². The van der Waals surface area contributed by atoms with Gasteiger partial charge in [0.15, 0.2) is 6.71 Å². The van der Waals surface area contributed by atoms with Gasteiger partial charge in [0.2, 0.25) is 0 Å². The van der Waals surface area contributed by atoms with Crippen LogP contribution < -0.4 is 5.46 Å². The van der Waals surface area contributed by atoms with Crippen molar-refractivity contribution in [2.45, 2.75) is 19.6 Å². The largest absolute Gasteiger partial charge is 0.186 e. The fraction of sp³-hybridized carbons (Fsp3) is 0.0968. The number of hydrogen-bond acceptors (Lipinski definition) is 0. The topological polar surface area (TPSA) is 0 Å². The Bertz CT molecular complexity index is 1360. The van der Waals surface area contributed by atoms with E-state index in [9.17, 15) is 0 Å². The molecule has 0 unspecified atom stereocenters. The molecule has 32 heavy (non-hydrogen) atoms. The molecule has 1 heterocycles. The van der Waals surface area contributed by atoms with Crippen LogP contribution in [0, 0.1) is 6.92 Å². The molecule has 152 valence electrons. The van der Waals surface area contributed by atoms with E-state index in [1.165, 1.54) is 55.2 Å². The molecule has 0 N–H and O–H groups in total. The van der Waals surface area contributed by atoms with Crippen molar-refractivity contribution in [3.63, 3.8) is 0 Å². The van der Waals surface area contributed by atoms with E-state index in [2.05, 4.69) is 116 Å². The van der Waals surface area contributed by atoms with Crippen molar-refractivity contribution in [1.82, 2.24) is 0 Å². The van der Waals surface area contributed by atoms with Gasteiger partial charge in [-0.25, -0.2) is 0 Å². The molecule has 1 heteroatoms. The summed E-state index contributed by atoms with van der Waals surface area (Å²) in [5, 5.41) is 2.86. The Morgan fingerprint density at radius 2 is 1.19 bits per heavy atom. The Morgan fingerprint density at radius 1 is 0.562 bits per heavy atom. The van der Waals surface area contributed by atoms with Crippen molar-refractivity contribution in [2.24, 2.45) is 0 Å². The first-order valence-corrected chi connectivity index (χ1v) is 11.5. The van der Waals surface area contributed by atoms with Crippen LogP contribution in [0.1, 0.15) is 16.7 Å². The van der Waals surface area contributed by atoms with Gasteiger partial charge in [-0.05, 0) is 69.3 Å². The van der Waals surface area contributed by atoms with E-state index in [-0.39, 0.29) is 0 Å². The highest BCUT2D eigenvalue weighted by Crippen LogP contribution is 2.34. The average Bonchev–Trinajstić information content (AvgIpc) is 2.86. The van der Waals surface area contributed by atoms with Crippen molar-refractivity contribution >= 4 is 22.9 Å². The summed E-state index contributed by atoms with van der Waals surface area (Å²) in [4.78, 5) is 0. The molecule has 0 bridgehead atoms. The molecule has 0 spiro atoms. The quantitative estimate of drug-likeness (QED) is 0.280. The summed E-state index contributed by atoms with van der Waals surface area (Å²) in [6, 6.07) is 40.0. The van der Waals surface area contributed by atoms with Gasteiger partial charge in [0.05, 0.1) is 0 Å². The summed E-state index contributed by atoms with van der Waals surface area (Å²) in [5.74, 6) is 0. The lowest BCUT2D eigenvalue weighted by Gasteiger charge is -2.28. The zero-order valence-corrected chi connectivity index (χ0v) is 18.4. The summed E-state index contributed by atoms with van der Waals surface area (Å²) < 4.78 is 0. The van der Waals surface area contributed by atoms with Crippen molar-refractivity contribution in [1.29, 1.82) is 0 Å². The first-order valence-electron chi connectivity index (χ1n) is 11.5. The Balaban J connectivity index is 1.59. The van der Waals surface area contributed by atoms with Crippen LogP contribution in [-0.4, -0.2) is 6.71 Å². The summed E-state index contributed by atoms with van der Waals surface area (Å²) in [7, 11) is 0. The minimum absolute atomic E-state index is 0.445. The van der Waals surface area contributed by atoms with Gasteiger partial charge >= 0.3 is 0 Å². The van der Waals surface area contributed by atoms with Gasteiger partial charge < -0.3 is 0 Å². The highest BCUT2D eigenvalue weighted by atomic mass is 14.2. The van der Waals surface area contributed by atoms with Gasteiger partial charge in [-0.2, -0.15) is 0 Å². The van der Waals surface area contributed by atoms with Crippen molar-refractivity contribution < 1.29 is 0 Å². The summed E-state index contributed by atoms with van der Waals surface area (Å²) in [6.45, 7) is 2.72. The normalized spacial score (nSPS) is 12.8. The first-order chi connectivity index (χ1) is 15.8. The number of aryl methyl sites for hydroxylation is 1. The zero-order valence-electron chi connectivity index (χ0n) is 18.4. The van der Waals surface area contributed by atoms with Gasteiger partial charge in [0.25, 0.3) is 0 Å². The molecule has 1 aliphatic heterocycles. The second-order valence-corrected chi connectivity index (χ2v) is 8.98. The van der Waals surface area contributed by atoms with Gasteiger partial charge in [-0.3, -0.25) is 0 Å². The Kier molecular flexibility index (Phi) is 4.69. The maximum Gasteiger partial charge on any atom is 0.186 e. The number of hydrogen-bond donors (Lipinski definition) is 0. The first kappa shape index (κ1) is 19.1. The lowest BCUT2D eigenvalue weighted by Crippen LogP contribution is -2.40. The van der Waals surface area contributed by atoms with Crippen LogP contribution in [0.4, 0.5) is 0 Å². The lowest BCUT2D eigenvalue weighted by molar-refractivity contribution is 1.22. The third-order valence-electron chi connectivity index (χ3n) is 7.07. The highest BCUT2D eigenvalue weighted by Gasteiger charge is 2.30. The number of benzene rings is 5. The smallest absolute Gasteiger partial charge is 0.0640 e. The van der Waals surface area contributed by atoms with E-state index in [1.807, 2.05) is 0 Å². The second kappa shape index (κ2) is 7.84. The van der Waals surface area contributed by atoms with Crippen molar-refractivity contribution in [3.8, 4) is 22.3 Å². The molecule has 0 aliphatic carbocycles. The van der Waals surface area contributed by atoms with E-state index >= 15 is 0 Å². The molecule has 1 aliphatic rings. The standard InChI is InChI=1S/C31H25B/c1-22-18-19-25-14-8-15-26-20-32(21-29(22)30(25)26)31-27(23-10-4-2-5-11-23)16-9-17-28(31)24-12-6-3-7-13-24/h2-19H,20-21H2,1H3. The minimum atomic E-state index is 0.445. The summed E-state index contributed by atoms with van der Waals surface area (Å²) in [5.41, 5.74) is 11.2. The molecule has 0 atom stereocenters. The Labute approximate surface area is 190 Å². The van der Waals surface area contributed by atoms with Gasteiger partial charge in [-0.15, -0.1) is 0 Å². The fourth-order valence-electron chi connectivity index (χ4n) is 5.60. The molecule has 5 aromatic rings. The fourth-order valence-corrected chi connectivity index (χ4v) is 5.60. The Morgan fingerprint density at radius 3 is 1.84 bits per heavy atom. The molecule has 0 radical (unpaired) electrons. The number of rotatable bonds is 3. The van der Waals surface area contributed by atoms with Crippen LogP contribution in [0.2, 0.25) is 0 Å². The average molecular weight is 408 g/mol. The minimum Gasteiger partial charge on any atom is -0.0640 e. The molecule has 0 amide bonds. The van der Waals surface area contributed by atoms with E-state index in [0.29, 0.717) is 6.71 Å². The molecule has 0 nitrogen and oxygen atoms in total. The maximum atomic E-state index is 2.34. The van der Waals surface area contributed by atoms with Gasteiger partial charge in [0, 0.05) is 0 Å². The van der Waals surface area contributed by atoms with Crippen LogP contribution in [0.15, 0.2) is 109 Å². The van der Waals surface area contributed by atoms with Crippen molar-refractivity contribution in [2.75, 3.05) is 0 Å². The van der Waals surface area contributed by atoms with Gasteiger partial charge in [0.1, 0.15) is 0 Å². The van der Waals surface area contributed by atoms with Gasteiger partial charge in [-0.1, -0.05) is 115 Å². The maximum absolute atomic E-state index is 2.34. The van der Waals surface area contributed by atoms with Crippen LogP contribution >= 0.6 is 0 Å². The van der Waals surface area contributed by atoms with Crippen LogP contribution in [0.3, 0.4) is 0 Å². The molecule has 0 saturated heterocycles. The molecule has 0 saturated carbocycles. The molecular formula is C31H25B. The van der Waals surface area contributed by atoms with E-state index < -0.39 is 0 Å². The molecule has 5 aromatic carbocycles. The molecule has 0 aromatic heterocycles. The highest BCUT2D eigenvalue weighted by molar-refractivity contribution is 6.75. The Hall–Kier alpha value is -3.58. The van der Waals surface area contributed by atoms with E-state index in [4.69, 9.17) is 0 Å². The van der Waals surface area contributed by atoms with Crippen LogP contribution in [0.5, 0.6) is 0 Å². The molecule has 6 rings (SSSR count). The van der Waals surface area contributed by atoms with Crippen LogP contribution in [-0.2, 0) is 12.6 Å². The predicted molar refractivity (Wildman–Crippen MR) is 139 cm³/mol. The van der Waals surface area contributed by atoms with E-state index in [0.717, 1.165) is 12.6 Å². The van der Waals surface area contributed by atoms with Crippen molar-refractivity contribution in [3.05, 3.63) is 126 Å². The third-order valence-corrected chi connectivity index (χ3v) is 7.07. The molecular weight excluding hydrogens is 383 g/mol. The third kappa shape index (κ3) is 3.17. The monoisotopic (exact) mass is 408 g/mol. The SMILES string of the molecule is Cc1ccc2cccc3c2c1CB(c1c(-c2ccccc2)cccc1-c1ccccc1)C3.